The molecule has 3 aromatic heterocycles. The van der Waals surface area contributed by atoms with Gasteiger partial charge in [0, 0.05) is 22.2 Å². The fraction of sp³-hybridized carbons (Fsp3) is 0.385. The number of hydrogen-bond donors (Lipinski definition) is 2. The molecule has 5 heterocycles. The molecule has 0 atom stereocenters. The van der Waals surface area contributed by atoms with Gasteiger partial charge in [0.25, 0.3) is 0 Å². The average Bonchev–Trinajstić information content (AvgIpc) is 3.92. The molecule has 4 nitrogen and oxygen atoms in total. The lowest BCUT2D eigenvalue weighted by atomic mass is 9.93. The van der Waals surface area contributed by atoms with Crippen LogP contribution in [0.25, 0.3) is 66.6 Å². The van der Waals surface area contributed by atoms with Crippen LogP contribution in [0.3, 0.4) is 0 Å². The number of aromatic nitrogens is 4. The van der Waals surface area contributed by atoms with Crippen molar-refractivity contribution in [2.24, 2.45) is 0 Å². The third-order valence-corrected chi connectivity index (χ3v) is 12.7. The summed E-state index contributed by atoms with van der Waals surface area (Å²) >= 11 is 7.84. The van der Waals surface area contributed by atoms with E-state index in [9.17, 15) is 0 Å². The van der Waals surface area contributed by atoms with Crippen LogP contribution in [0.5, 0.6) is 0 Å². The number of halogens is 1. The molecular formula is C52H61ClN4. The number of rotatable bonds is 14. The monoisotopic (exact) mass is 776 g/mol. The number of fused-ring (bicyclic) bond motifs is 8. The van der Waals surface area contributed by atoms with Crippen LogP contribution < -0.4 is 0 Å². The van der Waals surface area contributed by atoms with Crippen LogP contribution in [0, 0.1) is 13.8 Å². The highest BCUT2D eigenvalue weighted by molar-refractivity contribution is 6.34. The number of unbranched alkanes of at least 4 members (excludes halogenated alkanes) is 4. The van der Waals surface area contributed by atoms with Gasteiger partial charge in [-0.3, -0.25) is 0 Å². The Morgan fingerprint density at radius 1 is 0.491 bits per heavy atom. The SMILES string of the molecule is CCCCC1=C(C)c2nc1c(Cl)c1nc(c(-c3ccccc3)c3[nH]c(cc4[nH]c(c(C)c4CCCC)c2-c2ccccc2)c(CCCC)c3C)C(C)=C1CCCC. The number of H-pyrrole nitrogens is 2. The standard InChI is InChI=1S/C52H61ClN4/c1-9-13-27-38-32(5)47-44(36-23-19-17-20-24-36)49-34(7)40(29-15-11-3)51(56-49)46(53)52-41(30-16-12-4)35(8)50(57-52)45(37-25-21-18-22-26-37)48-33(6)39(28-14-10-2)43(55-48)31-42(38)54-47/h17-26,31,54-55H,9-16,27-30H2,1-8H3. The summed E-state index contributed by atoms with van der Waals surface area (Å²) in [6, 6.07) is 24.1. The van der Waals surface area contributed by atoms with Gasteiger partial charge in [0.05, 0.1) is 38.8 Å². The third-order valence-electron chi connectivity index (χ3n) is 12.4. The Kier molecular flexibility index (Phi) is 12.7. The molecule has 0 saturated heterocycles. The smallest absolute Gasteiger partial charge is 0.0925 e. The molecule has 2 aromatic carbocycles. The molecule has 0 saturated carbocycles. The predicted octanol–water partition coefficient (Wildman–Crippen LogP) is 15.8. The van der Waals surface area contributed by atoms with Crippen molar-refractivity contribution < 1.29 is 0 Å². The first kappa shape index (κ1) is 40.5. The first-order valence-electron chi connectivity index (χ1n) is 21.7. The van der Waals surface area contributed by atoms with E-state index in [4.69, 9.17) is 21.6 Å². The summed E-state index contributed by atoms with van der Waals surface area (Å²) in [6.45, 7) is 18.2. The van der Waals surface area contributed by atoms with Crippen molar-refractivity contribution in [2.75, 3.05) is 0 Å². The maximum absolute atomic E-state index is 7.84. The lowest BCUT2D eigenvalue weighted by molar-refractivity contribution is 0.796. The number of benzene rings is 2. The highest BCUT2D eigenvalue weighted by atomic mass is 35.5. The topological polar surface area (TPSA) is 57.4 Å². The quantitative estimate of drug-likeness (QED) is 0.118. The van der Waals surface area contributed by atoms with Gasteiger partial charge in [0.2, 0.25) is 0 Å². The van der Waals surface area contributed by atoms with Crippen LogP contribution >= 0.6 is 11.6 Å². The predicted molar refractivity (Wildman–Crippen MR) is 248 cm³/mol. The fourth-order valence-corrected chi connectivity index (χ4v) is 9.33. The van der Waals surface area contributed by atoms with Gasteiger partial charge in [-0.2, -0.15) is 0 Å². The van der Waals surface area contributed by atoms with Gasteiger partial charge in [-0.15, -0.1) is 0 Å². The maximum atomic E-state index is 7.84. The van der Waals surface area contributed by atoms with Crippen molar-refractivity contribution in [3.63, 3.8) is 0 Å². The highest BCUT2D eigenvalue weighted by Gasteiger charge is 2.29. The number of allylic oxidation sites excluding steroid dienone is 4. The maximum Gasteiger partial charge on any atom is 0.0925 e. The first-order valence-corrected chi connectivity index (χ1v) is 22.1. The molecule has 8 bridgehead atoms. The Labute approximate surface area is 346 Å². The van der Waals surface area contributed by atoms with E-state index >= 15 is 0 Å². The lowest BCUT2D eigenvalue weighted by Crippen LogP contribution is -1.92. The zero-order chi connectivity index (χ0) is 40.2. The van der Waals surface area contributed by atoms with E-state index in [2.05, 4.69) is 132 Å². The molecule has 0 unspecified atom stereocenters. The molecule has 296 valence electrons. The van der Waals surface area contributed by atoms with Crippen LogP contribution in [-0.2, 0) is 12.8 Å². The highest BCUT2D eigenvalue weighted by Crippen LogP contribution is 2.47. The Morgan fingerprint density at radius 2 is 0.860 bits per heavy atom. The van der Waals surface area contributed by atoms with Crippen molar-refractivity contribution in [2.45, 2.75) is 132 Å². The van der Waals surface area contributed by atoms with E-state index in [1.807, 2.05) is 0 Å². The second kappa shape index (κ2) is 17.9. The minimum Gasteiger partial charge on any atom is -0.354 e. The number of hydrogen-bond acceptors (Lipinski definition) is 2. The molecule has 2 aliphatic heterocycles. The van der Waals surface area contributed by atoms with Crippen LogP contribution in [0.15, 0.2) is 66.7 Å². The van der Waals surface area contributed by atoms with Crippen LogP contribution in [0.2, 0.25) is 5.02 Å². The molecule has 5 aromatic rings. The van der Waals surface area contributed by atoms with Crippen LogP contribution in [0.4, 0.5) is 0 Å². The minimum atomic E-state index is 0.663. The van der Waals surface area contributed by atoms with E-state index in [1.165, 1.54) is 55.6 Å². The largest absolute Gasteiger partial charge is 0.354 e. The summed E-state index contributed by atoms with van der Waals surface area (Å²) < 4.78 is 0. The third kappa shape index (κ3) is 7.70. The molecule has 57 heavy (non-hydrogen) atoms. The lowest BCUT2D eigenvalue weighted by Gasteiger charge is -2.09. The number of aryl methyl sites for hydroxylation is 4. The number of aromatic amines is 2. The van der Waals surface area contributed by atoms with Crippen LogP contribution in [-0.4, -0.2) is 19.9 Å². The molecule has 0 fully saturated rings. The Bertz CT molecular complexity index is 2320. The van der Waals surface area contributed by atoms with E-state index in [-0.39, 0.29) is 0 Å². The molecule has 7 rings (SSSR count). The van der Waals surface area contributed by atoms with Gasteiger partial charge in [-0.1, -0.05) is 126 Å². The van der Waals surface area contributed by atoms with Crippen molar-refractivity contribution in [1.82, 2.24) is 19.9 Å². The van der Waals surface area contributed by atoms with Gasteiger partial charge in [0.15, 0.2) is 0 Å². The zero-order valence-electron chi connectivity index (χ0n) is 35.6. The number of nitrogens with zero attached hydrogens (tertiary/aromatic N) is 2. The van der Waals surface area contributed by atoms with Crippen molar-refractivity contribution >= 4 is 56.0 Å². The second-order valence-electron chi connectivity index (χ2n) is 16.2. The Hall–Kier alpha value is -4.67. The summed E-state index contributed by atoms with van der Waals surface area (Å²) in [6.07, 6.45) is 12.7. The molecular weight excluding hydrogens is 716 g/mol. The van der Waals surface area contributed by atoms with E-state index < -0.39 is 0 Å². The molecule has 0 amide bonds. The summed E-state index contributed by atoms with van der Waals surface area (Å²) in [5.74, 6) is 0. The van der Waals surface area contributed by atoms with Gasteiger partial charge in [0.1, 0.15) is 0 Å². The normalized spacial score (nSPS) is 13.0. The van der Waals surface area contributed by atoms with E-state index in [0.29, 0.717) is 5.02 Å². The van der Waals surface area contributed by atoms with Crippen LogP contribution in [0.1, 0.15) is 151 Å². The molecule has 2 aliphatic rings. The van der Waals surface area contributed by atoms with Crippen molar-refractivity contribution in [3.05, 3.63) is 117 Å². The van der Waals surface area contributed by atoms with Gasteiger partial charge >= 0.3 is 0 Å². The fourth-order valence-electron chi connectivity index (χ4n) is 9.01. The number of nitrogens with one attached hydrogen (secondary N) is 2. The molecule has 5 heteroatoms. The second-order valence-corrected chi connectivity index (χ2v) is 16.6. The Morgan fingerprint density at radius 3 is 1.23 bits per heavy atom. The zero-order valence-corrected chi connectivity index (χ0v) is 36.4. The van der Waals surface area contributed by atoms with E-state index in [1.54, 1.807) is 0 Å². The summed E-state index contributed by atoms with van der Waals surface area (Å²) in [5.41, 5.74) is 23.2. The summed E-state index contributed by atoms with van der Waals surface area (Å²) in [5, 5.41) is 0.663. The Balaban J connectivity index is 1.78. The average molecular weight is 778 g/mol. The van der Waals surface area contributed by atoms with E-state index in [0.717, 1.165) is 133 Å². The minimum absolute atomic E-state index is 0.663. The summed E-state index contributed by atoms with van der Waals surface area (Å²) in [7, 11) is 0. The molecule has 0 aliphatic carbocycles. The van der Waals surface area contributed by atoms with Gasteiger partial charge in [-0.25, -0.2) is 9.97 Å². The molecule has 0 spiro atoms. The first-order chi connectivity index (χ1) is 27.7. The van der Waals surface area contributed by atoms with Crippen molar-refractivity contribution in [3.8, 4) is 22.3 Å². The van der Waals surface area contributed by atoms with Crippen molar-refractivity contribution in [1.29, 1.82) is 0 Å². The molecule has 0 radical (unpaired) electrons. The van der Waals surface area contributed by atoms with Gasteiger partial charge in [-0.05, 0) is 141 Å². The summed E-state index contributed by atoms with van der Waals surface area (Å²) in [4.78, 5) is 19.4. The molecule has 2 N–H and O–H groups in total. The van der Waals surface area contributed by atoms with Gasteiger partial charge < -0.3 is 9.97 Å².